The van der Waals surface area contributed by atoms with Gasteiger partial charge in [0, 0.05) is 28.2 Å². The summed E-state index contributed by atoms with van der Waals surface area (Å²) in [6, 6.07) is 14.8. The number of carbonyl (C=O) groups excluding carboxylic acids is 1. The van der Waals surface area contributed by atoms with E-state index in [0.29, 0.717) is 6.42 Å². The van der Waals surface area contributed by atoms with Crippen molar-refractivity contribution < 1.29 is 9.90 Å². The van der Waals surface area contributed by atoms with E-state index in [1.165, 1.54) is 26.4 Å². The fourth-order valence-electron chi connectivity index (χ4n) is 3.33. The quantitative estimate of drug-likeness (QED) is 0.501. The van der Waals surface area contributed by atoms with Gasteiger partial charge in [0.1, 0.15) is 0 Å². The van der Waals surface area contributed by atoms with Gasteiger partial charge in [-0.15, -0.1) is 5.76 Å². The standard InChI is InChI=1S/C22H20O2S/c1-22(2,3)20-11-14(10-17-18(23)12-19(17)24)16-9-8-13-6-4-5-7-15(13)21(16)25-20/h4-9,11-12,17H,10H2,1-3H3. The van der Waals surface area contributed by atoms with Crippen LogP contribution in [0.4, 0.5) is 0 Å². The zero-order valence-electron chi connectivity index (χ0n) is 14.6. The Hall–Kier alpha value is -2.26. The summed E-state index contributed by atoms with van der Waals surface area (Å²) < 4.78 is 1.24. The van der Waals surface area contributed by atoms with Crippen LogP contribution >= 0.6 is 11.3 Å². The maximum absolute atomic E-state index is 11.8. The van der Waals surface area contributed by atoms with Gasteiger partial charge in [-0.25, -0.2) is 0 Å². The Morgan fingerprint density at radius 2 is 1.84 bits per heavy atom. The average molecular weight is 348 g/mol. The molecule has 1 aliphatic carbocycles. The first kappa shape index (κ1) is 16.2. The molecule has 0 N–H and O–H groups in total. The molecular formula is C22H20O2S. The predicted octanol–water partition coefficient (Wildman–Crippen LogP) is 4.62. The van der Waals surface area contributed by atoms with Crippen molar-refractivity contribution in [3.05, 3.63) is 64.7 Å². The van der Waals surface area contributed by atoms with Gasteiger partial charge >= 0.3 is 0 Å². The fourth-order valence-corrected chi connectivity index (χ4v) is 4.66. The number of hydrogen-bond donors (Lipinski definition) is 0. The maximum Gasteiger partial charge on any atom is 0.246 e. The van der Waals surface area contributed by atoms with E-state index in [-0.39, 0.29) is 17.0 Å². The molecule has 0 fully saturated rings. The Morgan fingerprint density at radius 3 is 2.52 bits per heavy atom. The first-order chi connectivity index (χ1) is 11.8. The van der Waals surface area contributed by atoms with Crippen LogP contribution in [0.3, 0.4) is 0 Å². The third-order valence-corrected chi connectivity index (χ3v) is 6.47. The zero-order chi connectivity index (χ0) is 17.8. The molecule has 3 aromatic rings. The van der Waals surface area contributed by atoms with Gasteiger partial charge in [-0.2, -0.15) is 0 Å². The van der Waals surface area contributed by atoms with E-state index >= 15 is 0 Å². The SMILES string of the molecule is CC(C)(C)c1cc(CC2C(=O)C=C2[O-])c2ccc3ccccc3c2[s+]1. The molecule has 1 aromatic heterocycles. The van der Waals surface area contributed by atoms with E-state index in [1.807, 2.05) is 11.3 Å². The molecule has 0 aliphatic heterocycles. The summed E-state index contributed by atoms with van der Waals surface area (Å²) in [6.07, 6.45) is 1.72. The van der Waals surface area contributed by atoms with Gasteiger partial charge in [0.15, 0.2) is 5.78 Å². The summed E-state index contributed by atoms with van der Waals surface area (Å²) in [5, 5.41) is 15.4. The molecule has 0 amide bonds. The summed E-state index contributed by atoms with van der Waals surface area (Å²) in [4.78, 5) is 13.1. The van der Waals surface area contributed by atoms with Crippen LogP contribution in [0.15, 0.2) is 54.3 Å². The van der Waals surface area contributed by atoms with E-state index in [1.54, 1.807) is 0 Å². The van der Waals surface area contributed by atoms with E-state index in [0.717, 1.165) is 10.9 Å². The van der Waals surface area contributed by atoms with Crippen molar-refractivity contribution in [3.8, 4) is 0 Å². The molecule has 0 saturated heterocycles. The third-order valence-electron chi connectivity index (χ3n) is 4.88. The molecule has 1 heterocycles. The van der Waals surface area contributed by atoms with Gasteiger partial charge in [-0.05, 0) is 35.6 Å². The second kappa shape index (κ2) is 5.63. The molecule has 4 rings (SSSR count). The topological polar surface area (TPSA) is 40.1 Å². The number of carbonyl (C=O) groups is 1. The minimum absolute atomic E-state index is 0.0182. The number of benzene rings is 2. The Bertz CT molecular complexity index is 1040. The third kappa shape index (κ3) is 2.73. The molecule has 25 heavy (non-hydrogen) atoms. The molecule has 3 heteroatoms. The van der Waals surface area contributed by atoms with Gasteiger partial charge in [0.05, 0.1) is 0 Å². The molecule has 0 saturated carbocycles. The maximum atomic E-state index is 11.8. The van der Waals surface area contributed by atoms with E-state index in [2.05, 4.69) is 63.2 Å². The second-order valence-corrected chi connectivity index (χ2v) is 8.81. The van der Waals surface area contributed by atoms with Crippen LogP contribution in [0.5, 0.6) is 0 Å². The van der Waals surface area contributed by atoms with Gasteiger partial charge in [-0.1, -0.05) is 45.0 Å². The van der Waals surface area contributed by atoms with Crippen molar-refractivity contribution in [2.75, 3.05) is 0 Å². The largest absolute Gasteiger partial charge is 0.875 e. The highest BCUT2D eigenvalue weighted by Gasteiger charge is 2.31. The van der Waals surface area contributed by atoms with Crippen LogP contribution in [-0.4, -0.2) is 5.78 Å². The predicted molar refractivity (Wildman–Crippen MR) is 103 cm³/mol. The highest BCUT2D eigenvalue weighted by atomic mass is 32.1. The van der Waals surface area contributed by atoms with Crippen LogP contribution in [0.25, 0.3) is 20.9 Å². The van der Waals surface area contributed by atoms with Crippen molar-refractivity contribution in [1.82, 2.24) is 0 Å². The van der Waals surface area contributed by atoms with Gasteiger partial charge < -0.3 is 5.11 Å². The van der Waals surface area contributed by atoms with Crippen LogP contribution in [-0.2, 0) is 16.6 Å². The molecule has 2 aromatic carbocycles. The lowest BCUT2D eigenvalue weighted by molar-refractivity contribution is -0.317. The monoisotopic (exact) mass is 348 g/mol. The van der Waals surface area contributed by atoms with Crippen molar-refractivity contribution in [2.45, 2.75) is 32.6 Å². The molecule has 1 unspecified atom stereocenters. The molecule has 2 nitrogen and oxygen atoms in total. The molecule has 126 valence electrons. The fraction of sp³-hybridized carbons (Fsp3) is 0.273. The van der Waals surface area contributed by atoms with Crippen molar-refractivity contribution >= 4 is 38.0 Å². The van der Waals surface area contributed by atoms with E-state index in [4.69, 9.17) is 0 Å². The first-order valence-corrected chi connectivity index (χ1v) is 9.36. The van der Waals surface area contributed by atoms with Crippen LogP contribution in [0.1, 0.15) is 31.2 Å². The first-order valence-electron chi connectivity index (χ1n) is 8.55. The molecule has 0 spiro atoms. The highest BCUT2D eigenvalue weighted by Crippen LogP contribution is 2.39. The molecule has 0 radical (unpaired) electrons. The Labute approximate surface area is 151 Å². The Balaban J connectivity index is 1.98. The Kier molecular flexibility index (Phi) is 3.66. The summed E-state index contributed by atoms with van der Waals surface area (Å²) >= 11 is 1.81. The lowest BCUT2D eigenvalue weighted by Gasteiger charge is -2.30. The van der Waals surface area contributed by atoms with Crippen LogP contribution < -0.4 is 5.11 Å². The van der Waals surface area contributed by atoms with E-state index < -0.39 is 5.92 Å². The Morgan fingerprint density at radius 1 is 1.08 bits per heavy atom. The van der Waals surface area contributed by atoms with E-state index in [9.17, 15) is 9.90 Å². The van der Waals surface area contributed by atoms with Crippen molar-refractivity contribution in [1.29, 1.82) is 0 Å². The highest BCUT2D eigenvalue weighted by molar-refractivity contribution is 7.19. The number of fused-ring (bicyclic) bond motifs is 3. The lowest BCUT2D eigenvalue weighted by Crippen LogP contribution is -2.33. The lowest BCUT2D eigenvalue weighted by atomic mass is 9.83. The summed E-state index contributed by atoms with van der Waals surface area (Å²) in [5.41, 5.74) is 1.12. The summed E-state index contributed by atoms with van der Waals surface area (Å²) in [5.74, 6) is -0.567. The number of rotatable bonds is 2. The van der Waals surface area contributed by atoms with Crippen LogP contribution in [0.2, 0.25) is 0 Å². The molecule has 1 aliphatic rings. The van der Waals surface area contributed by atoms with Gasteiger partial charge in [0.2, 0.25) is 20.9 Å². The number of allylic oxidation sites excluding steroid dienone is 2. The number of ketones is 1. The van der Waals surface area contributed by atoms with Gasteiger partial charge in [0.25, 0.3) is 0 Å². The molecule has 0 bridgehead atoms. The second-order valence-electron chi connectivity index (χ2n) is 7.76. The van der Waals surface area contributed by atoms with Crippen LogP contribution in [0, 0.1) is 5.92 Å². The minimum atomic E-state index is -0.491. The number of hydrogen-bond acceptors (Lipinski definition) is 2. The minimum Gasteiger partial charge on any atom is -0.875 e. The van der Waals surface area contributed by atoms with Gasteiger partial charge in [-0.3, -0.25) is 4.79 Å². The van der Waals surface area contributed by atoms with Crippen molar-refractivity contribution in [2.24, 2.45) is 5.92 Å². The average Bonchev–Trinajstić information content (AvgIpc) is 2.58. The molecule has 1 atom stereocenters. The van der Waals surface area contributed by atoms with Crippen molar-refractivity contribution in [3.63, 3.8) is 0 Å². The normalized spacial score (nSPS) is 17.6. The summed E-state index contributed by atoms with van der Waals surface area (Å²) in [7, 11) is 0. The molecular weight excluding hydrogens is 328 g/mol. The smallest absolute Gasteiger partial charge is 0.246 e. The summed E-state index contributed by atoms with van der Waals surface area (Å²) in [6.45, 7) is 6.60. The zero-order valence-corrected chi connectivity index (χ0v) is 15.4.